The van der Waals surface area contributed by atoms with Crippen LogP contribution in [0, 0.1) is 0 Å². The summed E-state index contributed by atoms with van der Waals surface area (Å²) in [5.41, 5.74) is 7.63. The maximum Gasteiger partial charge on any atom is 0.119 e. The molecule has 2 N–H and O–H groups in total. The van der Waals surface area contributed by atoms with Crippen LogP contribution >= 0.6 is 0 Å². The van der Waals surface area contributed by atoms with Gasteiger partial charge in [-0.1, -0.05) is 31.4 Å². The highest BCUT2D eigenvalue weighted by Crippen LogP contribution is 2.39. The second-order valence-corrected chi connectivity index (χ2v) is 5.41. The average molecular weight is 263 g/mol. The molecule has 1 aliphatic rings. The van der Waals surface area contributed by atoms with Gasteiger partial charge >= 0.3 is 0 Å². The Labute approximate surface area is 116 Å². The van der Waals surface area contributed by atoms with E-state index < -0.39 is 0 Å². The molecule has 2 rings (SSSR count). The summed E-state index contributed by atoms with van der Waals surface area (Å²) in [5, 5.41) is 0. The lowest BCUT2D eigenvalue weighted by molar-refractivity contribution is 0.146. The van der Waals surface area contributed by atoms with Crippen molar-refractivity contribution < 1.29 is 9.47 Å². The summed E-state index contributed by atoms with van der Waals surface area (Å²) < 4.78 is 10.6. The van der Waals surface area contributed by atoms with Gasteiger partial charge < -0.3 is 15.2 Å². The van der Waals surface area contributed by atoms with Gasteiger partial charge in [-0.15, -0.1) is 0 Å². The SMILES string of the molecule is COCCOc1ccc(C2(CN)CCCCC2)cc1. The Morgan fingerprint density at radius 1 is 1.05 bits per heavy atom. The summed E-state index contributed by atoms with van der Waals surface area (Å²) in [6.45, 7) is 1.96. The highest BCUT2D eigenvalue weighted by atomic mass is 16.5. The fourth-order valence-corrected chi connectivity index (χ4v) is 2.99. The van der Waals surface area contributed by atoms with Crippen LogP contribution in [0.25, 0.3) is 0 Å². The summed E-state index contributed by atoms with van der Waals surface area (Å²) in [4.78, 5) is 0. The predicted octanol–water partition coefficient (Wildman–Crippen LogP) is 2.87. The topological polar surface area (TPSA) is 44.5 Å². The van der Waals surface area contributed by atoms with E-state index in [1.54, 1.807) is 7.11 Å². The fourth-order valence-electron chi connectivity index (χ4n) is 2.99. The molecule has 0 bridgehead atoms. The second-order valence-electron chi connectivity index (χ2n) is 5.41. The Bertz CT molecular complexity index is 369. The monoisotopic (exact) mass is 263 g/mol. The molecule has 1 saturated carbocycles. The van der Waals surface area contributed by atoms with Crippen molar-refractivity contribution >= 4 is 0 Å². The molecule has 1 aliphatic carbocycles. The number of hydrogen-bond acceptors (Lipinski definition) is 3. The molecule has 0 radical (unpaired) electrons. The molecule has 19 heavy (non-hydrogen) atoms. The lowest BCUT2D eigenvalue weighted by Gasteiger charge is -2.36. The van der Waals surface area contributed by atoms with Crippen molar-refractivity contribution in [2.45, 2.75) is 37.5 Å². The van der Waals surface area contributed by atoms with Crippen LogP contribution in [0.3, 0.4) is 0 Å². The Morgan fingerprint density at radius 3 is 2.32 bits per heavy atom. The van der Waals surface area contributed by atoms with Crippen molar-refractivity contribution in [3.8, 4) is 5.75 Å². The molecule has 3 heteroatoms. The number of nitrogens with two attached hydrogens (primary N) is 1. The third-order valence-electron chi connectivity index (χ3n) is 4.22. The zero-order chi connectivity index (χ0) is 13.6. The molecule has 0 unspecified atom stereocenters. The first kappa shape index (κ1) is 14.4. The summed E-state index contributed by atoms with van der Waals surface area (Å²) in [5.74, 6) is 0.906. The van der Waals surface area contributed by atoms with E-state index in [-0.39, 0.29) is 5.41 Å². The molecule has 1 aromatic carbocycles. The zero-order valence-corrected chi connectivity index (χ0v) is 11.9. The normalized spacial score (nSPS) is 18.2. The molecule has 0 atom stereocenters. The molecule has 1 aromatic rings. The van der Waals surface area contributed by atoms with Crippen molar-refractivity contribution in [3.05, 3.63) is 29.8 Å². The van der Waals surface area contributed by atoms with Crippen molar-refractivity contribution in [2.24, 2.45) is 5.73 Å². The maximum absolute atomic E-state index is 6.06. The smallest absolute Gasteiger partial charge is 0.119 e. The molecule has 0 spiro atoms. The van der Waals surface area contributed by atoms with E-state index in [1.165, 1.54) is 37.7 Å². The van der Waals surface area contributed by atoms with E-state index in [0.29, 0.717) is 13.2 Å². The number of benzene rings is 1. The van der Waals surface area contributed by atoms with Gasteiger partial charge in [0.05, 0.1) is 6.61 Å². The fraction of sp³-hybridized carbons (Fsp3) is 0.625. The third-order valence-corrected chi connectivity index (χ3v) is 4.22. The van der Waals surface area contributed by atoms with Crippen LogP contribution in [0.5, 0.6) is 5.75 Å². The molecule has 106 valence electrons. The number of hydrogen-bond donors (Lipinski definition) is 1. The van der Waals surface area contributed by atoms with Gasteiger partial charge in [-0.05, 0) is 30.5 Å². The van der Waals surface area contributed by atoms with E-state index in [1.807, 2.05) is 0 Å². The summed E-state index contributed by atoms with van der Waals surface area (Å²) in [6.07, 6.45) is 6.37. The second kappa shape index (κ2) is 6.92. The molecule has 0 aromatic heterocycles. The van der Waals surface area contributed by atoms with Gasteiger partial charge in [0.1, 0.15) is 12.4 Å². The Balaban J connectivity index is 2.03. The molecular weight excluding hydrogens is 238 g/mol. The first-order valence-electron chi connectivity index (χ1n) is 7.23. The van der Waals surface area contributed by atoms with Crippen molar-refractivity contribution in [1.82, 2.24) is 0 Å². The van der Waals surface area contributed by atoms with Crippen molar-refractivity contribution in [1.29, 1.82) is 0 Å². The minimum atomic E-state index is 0.198. The summed E-state index contributed by atoms with van der Waals surface area (Å²) >= 11 is 0. The van der Waals surface area contributed by atoms with Gasteiger partial charge in [0.25, 0.3) is 0 Å². The van der Waals surface area contributed by atoms with Crippen LogP contribution < -0.4 is 10.5 Å². The largest absolute Gasteiger partial charge is 0.491 e. The minimum Gasteiger partial charge on any atom is -0.491 e. The Kier molecular flexibility index (Phi) is 5.23. The highest BCUT2D eigenvalue weighted by molar-refractivity contribution is 5.33. The summed E-state index contributed by atoms with van der Waals surface area (Å²) in [7, 11) is 1.68. The number of methoxy groups -OCH3 is 1. The van der Waals surface area contributed by atoms with Crippen LogP contribution in [-0.2, 0) is 10.2 Å². The molecule has 0 aliphatic heterocycles. The van der Waals surface area contributed by atoms with E-state index in [0.717, 1.165) is 12.3 Å². The molecule has 0 amide bonds. The maximum atomic E-state index is 6.06. The zero-order valence-electron chi connectivity index (χ0n) is 11.9. The van der Waals surface area contributed by atoms with E-state index in [9.17, 15) is 0 Å². The van der Waals surface area contributed by atoms with E-state index >= 15 is 0 Å². The molecule has 0 saturated heterocycles. The molecular formula is C16H25NO2. The van der Waals surface area contributed by atoms with Gasteiger partial charge in [0, 0.05) is 19.1 Å². The van der Waals surface area contributed by atoms with E-state index in [2.05, 4.69) is 24.3 Å². The van der Waals surface area contributed by atoms with Gasteiger partial charge in [-0.3, -0.25) is 0 Å². The third kappa shape index (κ3) is 3.48. The van der Waals surface area contributed by atoms with Gasteiger partial charge in [-0.25, -0.2) is 0 Å². The van der Waals surface area contributed by atoms with Crippen LogP contribution in [0.2, 0.25) is 0 Å². The van der Waals surface area contributed by atoms with Crippen LogP contribution in [0.4, 0.5) is 0 Å². The van der Waals surface area contributed by atoms with Crippen LogP contribution in [0.15, 0.2) is 24.3 Å². The van der Waals surface area contributed by atoms with Gasteiger partial charge in [0.2, 0.25) is 0 Å². The first-order valence-corrected chi connectivity index (χ1v) is 7.23. The molecule has 1 fully saturated rings. The quantitative estimate of drug-likeness (QED) is 0.803. The van der Waals surface area contributed by atoms with Crippen molar-refractivity contribution in [3.63, 3.8) is 0 Å². The van der Waals surface area contributed by atoms with Gasteiger partial charge in [0.15, 0.2) is 0 Å². The standard InChI is InChI=1S/C16H25NO2/c1-18-11-12-19-15-7-5-14(6-8-15)16(13-17)9-3-2-4-10-16/h5-8H,2-4,9-13,17H2,1H3. The molecule has 3 nitrogen and oxygen atoms in total. The predicted molar refractivity (Wildman–Crippen MR) is 77.6 cm³/mol. The minimum absolute atomic E-state index is 0.198. The van der Waals surface area contributed by atoms with Crippen molar-refractivity contribution in [2.75, 3.05) is 26.9 Å². The lowest BCUT2D eigenvalue weighted by Crippen LogP contribution is -2.37. The lowest BCUT2D eigenvalue weighted by atomic mass is 9.69. The number of ether oxygens (including phenoxy) is 2. The number of rotatable bonds is 6. The molecule has 0 heterocycles. The average Bonchev–Trinajstić information content (AvgIpc) is 2.49. The van der Waals surface area contributed by atoms with Gasteiger partial charge in [-0.2, -0.15) is 0 Å². The van der Waals surface area contributed by atoms with Crippen LogP contribution in [-0.4, -0.2) is 26.9 Å². The van der Waals surface area contributed by atoms with Crippen LogP contribution in [0.1, 0.15) is 37.7 Å². The summed E-state index contributed by atoms with van der Waals surface area (Å²) in [6, 6.07) is 8.47. The Morgan fingerprint density at radius 2 is 1.74 bits per heavy atom. The Hall–Kier alpha value is -1.06. The highest BCUT2D eigenvalue weighted by Gasteiger charge is 2.32. The van der Waals surface area contributed by atoms with E-state index in [4.69, 9.17) is 15.2 Å². The first-order chi connectivity index (χ1) is 9.30.